The molecule has 2 fully saturated rings. The number of carbonyl (C=O) groups excluding carboxylic acids is 2. The van der Waals surface area contributed by atoms with Crippen molar-refractivity contribution in [1.29, 1.82) is 0 Å². The first-order valence-corrected chi connectivity index (χ1v) is 8.35. The molecular weight excluding hydrogens is 335 g/mol. The van der Waals surface area contributed by atoms with Gasteiger partial charge in [-0.15, -0.1) is 0 Å². The summed E-state index contributed by atoms with van der Waals surface area (Å²) in [4.78, 5) is 24.3. The number of anilines is 1. The van der Waals surface area contributed by atoms with Crippen LogP contribution in [-0.4, -0.2) is 41.5 Å². The van der Waals surface area contributed by atoms with Crippen molar-refractivity contribution in [3.05, 3.63) is 29.0 Å². The van der Waals surface area contributed by atoms with Crippen molar-refractivity contribution in [1.82, 2.24) is 10.6 Å². The van der Waals surface area contributed by atoms with E-state index in [1.807, 2.05) is 0 Å². The monoisotopic (exact) mass is 353 g/mol. The first-order chi connectivity index (χ1) is 11.5. The molecular formula is C16H19ClFN4O2+. The molecule has 6 nitrogen and oxygen atoms in total. The van der Waals surface area contributed by atoms with E-state index in [2.05, 4.69) is 20.5 Å². The quantitative estimate of drug-likeness (QED) is 0.705. The molecule has 3 rings (SSSR count). The van der Waals surface area contributed by atoms with E-state index in [-0.39, 0.29) is 23.3 Å². The van der Waals surface area contributed by atoms with E-state index < -0.39 is 11.9 Å². The fourth-order valence-electron chi connectivity index (χ4n) is 2.87. The molecule has 1 aromatic carbocycles. The number of piperidine rings is 1. The minimum absolute atomic E-state index is 0.0398. The van der Waals surface area contributed by atoms with Gasteiger partial charge in [0.25, 0.3) is 11.8 Å². The minimum Gasteiger partial charge on any atom is -0.323 e. The third kappa shape index (κ3) is 3.84. The number of hydrogen-bond donors (Lipinski definition) is 3. The Morgan fingerprint density at radius 2 is 2.04 bits per heavy atom. The van der Waals surface area contributed by atoms with Crippen molar-refractivity contribution in [2.75, 3.05) is 18.4 Å². The molecule has 1 atom stereocenters. The number of benzene rings is 1. The lowest BCUT2D eigenvalue weighted by Crippen LogP contribution is -2.60. The maximum absolute atomic E-state index is 13.2. The molecule has 2 aliphatic heterocycles. The van der Waals surface area contributed by atoms with Crippen LogP contribution in [0.4, 0.5) is 10.1 Å². The van der Waals surface area contributed by atoms with Crippen LogP contribution in [0.25, 0.3) is 0 Å². The van der Waals surface area contributed by atoms with Crippen LogP contribution in [0.3, 0.4) is 0 Å². The summed E-state index contributed by atoms with van der Waals surface area (Å²) < 4.78 is 15.2. The molecule has 0 bridgehead atoms. The van der Waals surface area contributed by atoms with Gasteiger partial charge in [-0.25, -0.2) is 9.71 Å². The first kappa shape index (κ1) is 16.7. The van der Waals surface area contributed by atoms with E-state index >= 15 is 0 Å². The predicted octanol–water partition coefficient (Wildman–Crippen LogP) is 1.45. The van der Waals surface area contributed by atoms with Crippen LogP contribution in [-0.2, 0) is 9.59 Å². The number of rotatable bonds is 2. The Balaban J connectivity index is 1.71. The fourth-order valence-corrected chi connectivity index (χ4v) is 3.05. The van der Waals surface area contributed by atoms with Gasteiger partial charge in [0.05, 0.1) is 24.5 Å². The number of nitrogens with one attached hydrogen (secondary N) is 3. The van der Waals surface area contributed by atoms with Crippen LogP contribution in [0.2, 0.25) is 5.02 Å². The van der Waals surface area contributed by atoms with Crippen LogP contribution in [0, 0.1) is 5.82 Å². The zero-order valence-electron chi connectivity index (χ0n) is 13.1. The van der Waals surface area contributed by atoms with Crippen molar-refractivity contribution in [2.24, 2.45) is 0 Å². The van der Waals surface area contributed by atoms with Gasteiger partial charge in [-0.05, 0) is 37.5 Å². The number of guanidine groups is 1. The summed E-state index contributed by atoms with van der Waals surface area (Å²) in [5, 5.41) is 8.48. The average Bonchev–Trinajstić information content (AvgIpc) is 2.58. The zero-order valence-corrected chi connectivity index (χ0v) is 13.8. The van der Waals surface area contributed by atoms with Gasteiger partial charge in [0.1, 0.15) is 5.82 Å². The third-order valence-electron chi connectivity index (χ3n) is 4.13. The maximum atomic E-state index is 13.2. The smallest absolute Gasteiger partial charge is 0.323 e. The zero-order chi connectivity index (χ0) is 17.1. The maximum Gasteiger partial charge on any atom is 0.353 e. The van der Waals surface area contributed by atoms with Crippen LogP contribution in [0.15, 0.2) is 18.2 Å². The lowest BCUT2D eigenvalue weighted by atomic mass is 10.1. The second-order valence-corrected chi connectivity index (χ2v) is 6.37. The lowest BCUT2D eigenvalue weighted by molar-refractivity contribution is -0.541. The molecule has 0 spiro atoms. The SMILES string of the molecule is O=C1C[C@@H](C(=O)Nc2ccc(F)c(Cl)c2)NC(=[N+]2CCCCC2)N1. The second kappa shape index (κ2) is 7.17. The predicted molar refractivity (Wildman–Crippen MR) is 88.6 cm³/mol. The van der Waals surface area contributed by atoms with Crippen molar-refractivity contribution in [3.63, 3.8) is 0 Å². The highest BCUT2D eigenvalue weighted by atomic mass is 35.5. The summed E-state index contributed by atoms with van der Waals surface area (Å²) in [6, 6.07) is 3.27. The Labute approximate surface area is 144 Å². The molecule has 2 aliphatic rings. The average molecular weight is 354 g/mol. The van der Waals surface area contributed by atoms with E-state index in [9.17, 15) is 14.0 Å². The molecule has 0 aromatic heterocycles. The Morgan fingerprint density at radius 3 is 2.75 bits per heavy atom. The number of carbonyl (C=O) groups is 2. The Kier molecular flexibility index (Phi) is 4.99. The number of nitrogens with zero attached hydrogens (tertiary/aromatic N) is 1. The van der Waals surface area contributed by atoms with Crippen LogP contribution in [0.1, 0.15) is 25.7 Å². The number of amides is 2. The van der Waals surface area contributed by atoms with Gasteiger partial charge < -0.3 is 5.32 Å². The van der Waals surface area contributed by atoms with Gasteiger partial charge in [-0.2, -0.15) is 0 Å². The molecule has 24 heavy (non-hydrogen) atoms. The number of hydrogen-bond acceptors (Lipinski definition) is 2. The first-order valence-electron chi connectivity index (χ1n) is 7.97. The molecule has 2 amide bonds. The molecule has 3 N–H and O–H groups in total. The highest BCUT2D eigenvalue weighted by molar-refractivity contribution is 6.31. The summed E-state index contributed by atoms with van der Waals surface area (Å²) in [6.45, 7) is 1.70. The fraction of sp³-hybridized carbons (Fsp3) is 0.438. The summed E-state index contributed by atoms with van der Waals surface area (Å²) >= 11 is 5.71. The standard InChI is InChI=1S/C16H18ClFN4O2/c17-11-8-10(4-5-12(11)18)19-15(24)13-9-14(23)21-16(20-13)22-6-2-1-3-7-22/h4-5,8,13H,1-3,6-7,9H2,(H2,19,20,21,23,24)/p+1/t13-/m0/s1. The molecule has 1 aromatic rings. The van der Waals surface area contributed by atoms with Crippen molar-refractivity contribution in [3.8, 4) is 0 Å². The summed E-state index contributed by atoms with van der Waals surface area (Å²) in [7, 11) is 0. The molecule has 2 heterocycles. The van der Waals surface area contributed by atoms with E-state index in [0.29, 0.717) is 11.6 Å². The minimum atomic E-state index is -0.681. The largest absolute Gasteiger partial charge is 0.353 e. The highest BCUT2D eigenvalue weighted by Crippen LogP contribution is 2.19. The van der Waals surface area contributed by atoms with Gasteiger partial charge in [0.15, 0.2) is 6.04 Å². The molecule has 0 saturated carbocycles. The highest BCUT2D eigenvalue weighted by Gasteiger charge is 2.35. The van der Waals surface area contributed by atoms with Gasteiger partial charge in [0, 0.05) is 5.69 Å². The Bertz CT molecular complexity index is 699. The summed E-state index contributed by atoms with van der Waals surface area (Å²) in [5.41, 5.74) is 0.388. The van der Waals surface area contributed by atoms with Crippen molar-refractivity contribution >= 4 is 35.1 Å². The van der Waals surface area contributed by atoms with E-state index in [0.717, 1.165) is 25.9 Å². The molecule has 0 unspecified atom stereocenters. The Hall–Kier alpha value is -2.15. The number of halogens is 2. The summed E-state index contributed by atoms with van der Waals surface area (Å²) in [6.07, 6.45) is 3.34. The van der Waals surface area contributed by atoms with Crippen LogP contribution in [0.5, 0.6) is 0 Å². The third-order valence-corrected chi connectivity index (χ3v) is 4.42. The van der Waals surface area contributed by atoms with E-state index in [1.54, 1.807) is 0 Å². The van der Waals surface area contributed by atoms with Crippen LogP contribution >= 0.6 is 11.6 Å². The van der Waals surface area contributed by atoms with Gasteiger partial charge in [-0.1, -0.05) is 11.6 Å². The molecule has 0 radical (unpaired) electrons. The van der Waals surface area contributed by atoms with Crippen molar-refractivity contribution in [2.45, 2.75) is 31.7 Å². The van der Waals surface area contributed by atoms with Gasteiger partial charge >= 0.3 is 5.96 Å². The normalized spacial score (nSPS) is 21.1. The van der Waals surface area contributed by atoms with E-state index in [1.165, 1.54) is 24.6 Å². The van der Waals surface area contributed by atoms with E-state index in [4.69, 9.17) is 11.6 Å². The summed E-state index contributed by atoms with van der Waals surface area (Å²) in [5.74, 6) is -0.526. The van der Waals surface area contributed by atoms with Gasteiger partial charge in [-0.3, -0.25) is 19.5 Å². The topological polar surface area (TPSA) is 73.2 Å². The van der Waals surface area contributed by atoms with Crippen molar-refractivity contribution < 1.29 is 18.6 Å². The molecule has 128 valence electrons. The lowest BCUT2D eigenvalue weighted by Gasteiger charge is -2.24. The van der Waals surface area contributed by atoms with Crippen LogP contribution < -0.4 is 16.0 Å². The second-order valence-electron chi connectivity index (χ2n) is 5.96. The Morgan fingerprint density at radius 1 is 1.29 bits per heavy atom. The van der Waals surface area contributed by atoms with Gasteiger partial charge in [0.2, 0.25) is 0 Å². The molecule has 8 heteroatoms. The molecule has 0 aliphatic carbocycles. The molecule has 2 saturated heterocycles.